The second kappa shape index (κ2) is 6.64. The van der Waals surface area contributed by atoms with E-state index in [0.29, 0.717) is 17.4 Å². The Hall–Kier alpha value is -3.21. The number of imide groups is 1. The lowest BCUT2D eigenvalue weighted by Gasteiger charge is -2.37. The van der Waals surface area contributed by atoms with Crippen LogP contribution in [0.1, 0.15) is 22.3 Å². The molecule has 3 amide bonds. The van der Waals surface area contributed by atoms with Gasteiger partial charge in [0.1, 0.15) is 6.67 Å². The second-order valence-electron chi connectivity index (χ2n) is 9.29. The van der Waals surface area contributed by atoms with E-state index in [1.54, 1.807) is 17.0 Å². The number of amides is 3. The van der Waals surface area contributed by atoms with Gasteiger partial charge < -0.3 is 0 Å². The van der Waals surface area contributed by atoms with E-state index in [0.717, 1.165) is 17.7 Å². The summed E-state index contributed by atoms with van der Waals surface area (Å²) in [5.74, 6) is 0.537. The van der Waals surface area contributed by atoms with Crippen LogP contribution in [0.4, 0.5) is 5.69 Å². The zero-order chi connectivity index (χ0) is 21.3. The summed E-state index contributed by atoms with van der Waals surface area (Å²) in [4.78, 5) is 43.3. The molecule has 1 aliphatic heterocycles. The molecule has 6 unspecified atom stereocenters. The van der Waals surface area contributed by atoms with Crippen LogP contribution in [0.2, 0.25) is 0 Å². The Morgan fingerprint density at radius 3 is 2.10 bits per heavy atom. The molecule has 7 rings (SSSR count). The molecule has 2 aromatic rings. The van der Waals surface area contributed by atoms with Crippen molar-refractivity contribution in [2.75, 3.05) is 11.6 Å². The smallest absolute Gasteiger partial charge is 0.259 e. The fourth-order valence-corrected chi connectivity index (χ4v) is 6.15. The van der Waals surface area contributed by atoms with Crippen LogP contribution in [-0.4, -0.2) is 29.3 Å². The summed E-state index contributed by atoms with van der Waals surface area (Å²) in [7, 11) is 0. The molecule has 3 fully saturated rings. The molecule has 0 aromatic heterocycles. The zero-order valence-electron chi connectivity index (χ0n) is 17.3. The highest BCUT2D eigenvalue weighted by Crippen LogP contribution is 2.65. The zero-order valence-corrected chi connectivity index (χ0v) is 17.3. The number of nitrogens with zero attached hydrogens (tertiary/aromatic N) is 2. The Labute approximate surface area is 181 Å². The van der Waals surface area contributed by atoms with Gasteiger partial charge in [-0.1, -0.05) is 48.6 Å². The number of carbonyl (C=O) groups is 3. The SMILES string of the molecule is Cc1ccccc1N(CN1C(=O)C2C3C=CC(C4CC34)C2C1=O)C(=O)c1ccccc1. The number of benzene rings is 2. The van der Waals surface area contributed by atoms with Gasteiger partial charge in [0.15, 0.2) is 0 Å². The summed E-state index contributed by atoms with van der Waals surface area (Å²) in [6.45, 7) is 1.89. The highest BCUT2D eigenvalue weighted by molar-refractivity contribution is 6.10. The monoisotopic (exact) mass is 412 g/mol. The average Bonchev–Trinajstić information content (AvgIpc) is 3.58. The van der Waals surface area contributed by atoms with E-state index in [2.05, 4.69) is 12.2 Å². The summed E-state index contributed by atoms with van der Waals surface area (Å²) in [6, 6.07) is 16.6. The lowest BCUT2D eigenvalue weighted by molar-refractivity contribution is -0.140. The number of likely N-dealkylation sites (tertiary alicyclic amines) is 1. The molecule has 0 N–H and O–H groups in total. The number of anilines is 1. The molecule has 2 bridgehead atoms. The van der Waals surface area contributed by atoms with Crippen molar-refractivity contribution >= 4 is 23.4 Å². The molecule has 5 heteroatoms. The highest BCUT2D eigenvalue weighted by Gasteiger charge is 2.67. The number of hydrogen-bond acceptors (Lipinski definition) is 3. The van der Waals surface area contributed by atoms with E-state index in [9.17, 15) is 14.4 Å². The van der Waals surface area contributed by atoms with Gasteiger partial charge in [-0.05, 0) is 60.8 Å². The first-order valence-corrected chi connectivity index (χ1v) is 11.0. The van der Waals surface area contributed by atoms with E-state index in [1.807, 2.05) is 49.4 Å². The van der Waals surface area contributed by atoms with Crippen LogP contribution in [0.3, 0.4) is 0 Å². The fourth-order valence-electron chi connectivity index (χ4n) is 6.15. The summed E-state index contributed by atoms with van der Waals surface area (Å²) < 4.78 is 0. The molecule has 5 nitrogen and oxygen atoms in total. The lowest BCUT2D eigenvalue weighted by Crippen LogP contribution is -2.45. The van der Waals surface area contributed by atoms with Gasteiger partial charge in [0, 0.05) is 11.3 Å². The Bertz CT molecular complexity index is 1090. The number of carbonyl (C=O) groups excluding carboxylic acids is 3. The predicted octanol–water partition coefficient (Wildman–Crippen LogP) is 3.65. The number of hydrogen-bond donors (Lipinski definition) is 0. The van der Waals surface area contributed by atoms with Gasteiger partial charge in [-0.25, -0.2) is 0 Å². The predicted molar refractivity (Wildman–Crippen MR) is 116 cm³/mol. The number of allylic oxidation sites excluding steroid dienone is 2. The van der Waals surface area contributed by atoms with Crippen LogP contribution < -0.4 is 4.90 Å². The van der Waals surface area contributed by atoms with Crippen LogP contribution in [0.5, 0.6) is 0 Å². The molecule has 0 radical (unpaired) electrons. The van der Waals surface area contributed by atoms with Crippen LogP contribution >= 0.6 is 0 Å². The van der Waals surface area contributed by atoms with Crippen molar-refractivity contribution in [3.05, 3.63) is 77.9 Å². The highest BCUT2D eigenvalue weighted by atomic mass is 16.2. The quantitative estimate of drug-likeness (QED) is 0.569. The van der Waals surface area contributed by atoms with E-state index >= 15 is 0 Å². The molecule has 31 heavy (non-hydrogen) atoms. The van der Waals surface area contributed by atoms with Crippen LogP contribution in [0.15, 0.2) is 66.7 Å². The lowest BCUT2D eigenvalue weighted by atomic mass is 9.63. The summed E-state index contributed by atoms with van der Waals surface area (Å²) in [5.41, 5.74) is 2.17. The second-order valence-corrected chi connectivity index (χ2v) is 9.29. The van der Waals surface area contributed by atoms with Gasteiger partial charge in [0.2, 0.25) is 11.8 Å². The van der Waals surface area contributed by atoms with Gasteiger partial charge in [0.25, 0.3) is 5.91 Å². The van der Waals surface area contributed by atoms with E-state index < -0.39 is 0 Å². The molecule has 2 aromatic carbocycles. The van der Waals surface area contributed by atoms with E-state index in [4.69, 9.17) is 0 Å². The van der Waals surface area contributed by atoms with Crippen molar-refractivity contribution in [1.82, 2.24) is 4.90 Å². The van der Waals surface area contributed by atoms with Crippen molar-refractivity contribution in [2.24, 2.45) is 35.5 Å². The van der Waals surface area contributed by atoms with Crippen molar-refractivity contribution in [3.63, 3.8) is 0 Å². The fraction of sp³-hybridized carbons (Fsp3) is 0.346. The Balaban J connectivity index is 1.36. The molecular weight excluding hydrogens is 388 g/mol. The van der Waals surface area contributed by atoms with Crippen molar-refractivity contribution in [1.29, 1.82) is 0 Å². The first kappa shape index (κ1) is 18.6. The normalized spacial score (nSPS) is 32.1. The standard InChI is InChI=1S/C26H24N2O3/c1-15-7-5-6-10-21(15)27(24(29)16-8-3-2-4-9-16)14-28-25(30)22-17-11-12-18(20-13-19(17)20)23(22)26(28)31/h2-12,17-20,22-23H,13-14H2,1H3. The number of rotatable bonds is 4. The van der Waals surface area contributed by atoms with Crippen LogP contribution in [-0.2, 0) is 9.59 Å². The first-order valence-electron chi connectivity index (χ1n) is 11.0. The third-order valence-corrected chi connectivity index (χ3v) is 7.71. The maximum atomic E-state index is 13.5. The number of aryl methyl sites for hydroxylation is 1. The molecule has 1 heterocycles. The van der Waals surface area contributed by atoms with E-state index in [-0.39, 0.29) is 48.1 Å². The Kier molecular flexibility index (Phi) is 3.98. The molecule has 4 aliphatic carbocycles. The van der Waals surface area contributed by atoms with Crippen LogP contribution in [0.25, 0.3) is 0 Å². The minimum Gasteiger partial charge on any atom is -0.289 e. The van der Waals surface area contributed by atoms with E-state index in [1.165, 1.54) is 4.90 Å². The van der Waals surface area contributed by atoms with Crippen molar-refractivity contribution in [2.45, 2.75) is 13.3 Å². The third-order valence-electron chi connectivity index (χ3n) is 7.71. The summed E-state index contributed by atoms with van der Waals surface area (Å²) in [6.07, 6.45) is 5.48. The minimum absolute atomic E-state index is 0.0436. The molecule has 0 spiro atoms. The summed E-state index contributed by atoms with van der Waals surface area (Å²) in [5, 5.41) is 0. The van der Waals surface area contributed by atoms with Crippen molar-refractivity contribution < 1.29 is 14.4 Å². The number of para-hydroxylation sites is 1. The van der Waals surface area contributed by atoms with Crippen LogP contribution in [0, 0.1) is 42.4 Å². The Morgan fingerprint density at radius 2 is 1.48 bits per heavy atom. The van der Waals surface area contributed by atoms with Gasteiger partial charge >= 0.3 is 0 Å². The molecule has 156 valence electrons. The van der Waals surface area contributed by atoms with Gasteiger partial charge in [-0.3, -0.25) is 24.2 Å². The van der Waals surface area contributed by atoms with Gasteiger partial charge in [-0.15, -0.1) is 0 Å². The van der Waals surface area contributed by atoms with Gasteiger partial charge in [-0.2, -0.15) is 0 Å². The van der Waals surface area contributed by atoms with Crippen molar-refractivity contribution in [3.8, 4) is 0 Å². The average molecular weight is 412 g/mol. The molecule has 6 atom stereocenters. The largest absolute Gasteiger partial charge is 0.289 e. The Morgan fingerprint density at radius 1 is 0.903 bits per heavy atom. The summed E-state index contributed by atoms with van der Waals surface area (Å²) >= 11 is 0. The maximum absolute atomic E-state index is 13.5. The topological polar surface area (TPSA) is 57.7 Å². The molecular formula is C26H24N2O3. The molecule has 5 aliphatic rings. The maximum Gasteiger partial charge on any atom is 0.259 e. The molecule has 2 saturated carbocycles. The van der Waals surface area contributed by atoms with Gasteiger partial charge in [0.05, 0.1) is 11.8 Å². The third kappa shape index (κ3) is 2.65. The first-order chi connectivity index (χ1) is 15.1. The molecule has 1 saturated heterocycles. The minimum atomic E-state index is -0.253.